The summed E-state index contributed by atoms with van der Waals surface area (Å²) < 4.78 is 51.3. The number of piperidine rings is 1. The van der Waals surface area contributed by atoms with E-state index in [4.69, 9.17) is 9.47 Å². The first-order valence-corrected chi connectivity index (χ1v) is 12.1. The van der Waals surface area contributed by atoms with E-state index >= 15 is 0 Å². The number of esters is 1. The molecule has 0 spiro atoms. The van der Waals surface area contributed by atoms with Gasteiger partial charge in [0.15, 0.2) is 0 Å². The quantitative estimate of drug-likeness (QED) is 0.542. The maximum Gasteiger partial charge on any atom is 0.308 e. The fourth-order valence-electron chi connectivity index (χ4n) is 3.68. The molecule has 1 aliphatic heterocycles. The summed E-state index contributed by atoms with van der Waals surface area (Å²) in [6.07, 6.45) is 0.901. The molecule has 0 bridgehead atoms. The summed E-state index contributed by atoms with van der Waals surface area (Å²) >= 11 is 0. The van der Waals surface area contributed by atoms with Crippen LogP contribution in [0.25, 0.3) is 0 Å². The molecule has 1 fully saturated rings. The minimum atomic E-state index is -4.15. The lowest BCUT2D eigenvalue weighted by Gasteiger charge is -2.33. The predicted molar refractivity (Wildman–Crippen MR) is 120 cm³/mol. The van der Waals surface area contributed by atoms with E-state index < -0.39 is 28.3 Å². The minimum absolute atomic E-state index is 0.130. The lowest BCUT2D eigenvalue weighted by molar-refractivity contribution is -0.148. The van der Waals surface area contributed by atoms with Crippen LogP contribution in [-0.4, -0.2) is 58.5 Å². The summed E-state index contributed by atoms with van der Waals surface area (Å²) in [5.74, 6) is -0.971. The Labute approximate surface area is 192 Å². The van der Waals surface area contributed by atoms with E-state index in [1.54, 1.807) is 29.2 Å². The standard InChI is InChI=1S/C23H27FN2O6S/c1-3-32-20-8-6-19(7-9-20)26(33(29,30)21-10-4-18(24)5-11-21)16-22(27)25-14-12-17(13-15-25)23(28)31-2/h4-11,17H,3,12-16H2,1-2H3. The van der Waals surface area contributed by atoms with Gasteiger partial charge in [-0.25, -0.2) is 12.8 Å². The third-order valence-corrected chi connectivity index (χ3v) is 7.29. The molecule has 0 saturated carbocycles. The first-order chi connectivity index (χ1) is 15.8. The number of hydrogen-bond acceptors (Lipinski definition) is 6. The molecule has 0 atom stereocenters. The van der Waals surface area contributed by atoms with Crippen LogP contribution in [0.4, 0.5) is 10.1 Å². The Morgan fingerprint density at radius 3 is 2.21 bits per heavy atom. The third kappa shape index (κ3) is 5.81. The third-order valence-electron chi connectivity index (χ3n) is 5.50. The summed E-state index contributed by atoms with van der Waals surface area (Å²) in [6, 6.07) is 10.8. The average Bonchev–Trinajstić information content (AvgIpc) is 2.83. The maximum absolute atomic E-state index is 13.4. The lowest BCUT2D eigenvalue weighted by Crippen LogP contribution is -2.46. The van der Waals surface area contributed by atoms with Gasteiger partial charge in [-0.1, -0.05) is 0 Å². The molecule has 1 heterocycles. The van der Waals surface area contributed by atoms with Crippen molar-refractivity contribution in [2.75, 3.05) is 37.7 Å². The number of benzene rings is 2. The van der Waals surface area contributed by atoms with Crippen LogP contribution in [0.2, 0.25) is 0 Å². The molecule has 0 unspecified atom stereocenters. The molecule has 33 heavy (non-hydrogen) atoms. The van der Waals surface area contributed by atoms with Gasteiger partial charge in [-0.15, -0.1) is 0 Å². The van der Waals surface area contributed by atoms with Crippen LogP contribution in [-0.2, 0) is 24.3 Å². The van der Waals surface area contributed by atoms with Crippen molar-refractivity contribution in [1.82, 2.24) is 4.90 Å². The number of anilines is 1. The largest absolute Gasteiger partial charge is 0.494 e. The fourth-order valence-corrected chi connectivity index (χ4v) is 5.09. The van der Waals surface area contributed by atoms with Crippen LogP contribution in [0.15, 0.2) is 53.4 Å². The number of rotatable bonds is 8. The van der Waals surface area contributed by atoms with Crippen molar-refractivity contribution in [3.05, 3.63) is 54.3 Å². The van der Waals surface area contributed by atoms with Crippen LogP contribution in [0, 0.1) is 11.7 Å². The number of carbonyl (C=O) groups excluding carboxylic acids is 2. The Morgan fingerprint density at radius 2 is 1.67 bits per heavy atom. The number of halogens is 1. The molecule has 10 heteroatoms. The number of sulfonamides is 1. The van der Waals surface area contributed by atoms with Crippen molar-refractivity contribution in [1.29, 1.82) is 0 Å². The van der Waals surface area contributed by atoms with Crippen LogP contribution in [0.1, 0.15) is 19.8 Å². The first-order valence-electron chi connectivity index (χ1n) is 10.6. The van der Waals surface area contributed by atoms with Gasteiger partial charge >= 0.3 is 5.97 Å². The van der Waals surface area contributed by atoms with Crippen LogP contribution in [0.5, 0.6) is 5.75 Å². The molecule has 1 aliphatic rings. The van der Waals surface area contributed by atoms with Gasteiger partial charge in [0.1, 0.15) is 18.1 Å². The highest BCUT2D eigenvalue weighted by Gasteiger charge is 2.32. The molecular formula is C23H27FN2O6S. The summed E-state index contributed by atoms with van der Waals surface area (Å²) in [7, 11) is -2.83. The molecule has 1 saturated heterocycles. The molecule has 0 aromatic heterocycles. The normalized spacial score (nSPS) is 14.6. The van der Waals surface area contributed by atoms with E-state index in [0.717, 1.165) is 16.4 Å². The van der Waals surface area contributed by atoms with Crippen molar-refractivity contribution in [2.45, 2.75) is 24.7 Å². The van der Waals surface area contributed by atoms with Crippen molar-refractivity contribution in [3.63, 3.8) is 0 Å². The van der Waals surface area contributed by atoms with Crippen molar-refractivity contribution < 1.29 is 31.9 Å². The summed E-state index contributed by atoms with van der Waals surface area (Å²) in [5, 5.41) is 0. The van der Waals surface area contributed by atoms with Gasteiger partial charge in [-0.05, 0) is 68.3 Å². The zero-order valence-electron chi connectivity index (χ0n) is 18.6. The summed E-state index contributed by atoms with van der Waals surface area (Å²) in [4.78, 5) is 26.2. The van der Waals surface area contributed by atoms with E-state index in [1.165, 1.54) is 19.2 Å². The molecule has 178 valence electrons. The van der Waals surface area contributed by atoms with Gasteiger partial charge < -0.3 is 14.4 Å². The SMILES string of the molecule is CCOc1ccc(N(CC(=O)N2CCC(C(=O)OC)CC2)S(=O)(=O)c2ccc(F)cc2)cc1. The van der Waals surface area contributed by atoms with Gasteiger partial charge in [-0.3, -0.25) is 13.9 Å². The number of hydrogen-bond donors (Lipinski definition) is 0. The van der Waals surface area contributed by atoms with Gasteiger partial charge in [0.25, 0.3) is 10.0 Å². The smallest absolute Gasteiger partial charge is 0.308 e. The molecule has 2 aromatic carbocycles. The van der Waals surface area contributed by atoms with Crippen molar-refractivity contribution in [3.8, 4) is 5.75 Å². The molecule has 0 aliphatic carbocycles. The van der Waals surface area contributed by atoms with E-state index in [9.17, 15) is 22.4 Å². The Hall–Kier alpha value is -3.14. The second-order valence-electron chi connectivity index (χ2n) is 7.57. The highest BCUT2D eigenvalue weighted by atomic mass is 32.2. The number of methoxy groups -OCH3 is 1. The molecule has 0 radical (unpaired) electrons. The number of likely N-dealkylation sites (tertiary alicyclic amines) is 1. The molecule has 3 rings (SSSR count). The van der Waals surface area contributed by atoms with E-state index in [1.807, 2.05) is 6.92 Å². The van der Waals surface area contributed by atoms with Gasteiger partial charge in [-0.2, -0.15) is 0 Å². The molecule has 2 aromatic rings. The molecule has 0 N–H and O–H groups in total. The Balaban J connectivity index is 1.85. The highest BCUT2D eigenvalue weighted by molar-refractivity contribution is 7.92. The summed E-state index contributed by atoms with van der Waals surface area (Å²) in [6.45, 7) is 2.51. The molecule has 8 nitrogen and oxygen atoms in total. The fraction of sp³-hybridized carbons (Fsp3) is 0.391. The number of amides is 1. The topological polar surface area (TPSA) is 93.2 Å². The zero-order valence-corrected chi connectivity index (χ0v) is 19.4. The Kier molecular flexibility index (Phi) is 7.91. The lowest BCUT2D eigenvalue weighted by atomic mass is 9.97. The zero-order chi connectivity index (χ0) is 24.0. The number of carbonyl (C=O) groups is 2. The predicted octanol–water partition coefficient (Wildman–Crippen LogP) is 2.83. The Morgan fingerprint density at radius 1 is 1.06 bits per heavy atom. The van der Waals surface area contributed by atoms with Crippen molar-refractivity contribution >= 4 is 27.6 Å². The van der Waals surface area contributed by atoms with Gasteiger partial charge in [0.2, 0.25) is 5.91 Å². The summed E-state index contributed by atoms with van der Waals surface area (Å²) in [5.41, 5.74) is 0.278. The number of nitrogens with zero attached hydrogens (tertiary/aromatic N) is 2. The van der Waals surface area contributed by atoms with E-state index in [-0.39, 0.29) is 22.5 Å². The first kappa shape index (κ1) is 24.5. The second-order valence-corrected chi connectivity index (χ2v) is 9.43. The number of ether oxygens (including phenoxy) is 2. The van der Waals surface area contributed by atoms with E-state index in [2.05, 4.69) is 0 Å². The minimum Gasteiger partial charge on any atom is -0.494 e. The van der Waals surface area contributed by atoms with E-state index in [0.29, 0.717) is 38.3 Å². The highest BCUT2D eigenvalue weighted by Crippen LogP contribution is 2.27. The second kappa shape index (κ2) is 10.7. The molecule has 1 amide bonds. The Bertz CT molecular complexity index is 1070. The van der Waals surface area contributed by atoms with Crippen LogP contribution < -0.4 is 9.04 Å². The average molecular weight is 479 g/mol. The monoisotopic (exact) mass is 478 g/mol. The van der Waals surface area contributed by atoms with Crippen LogP contribution >= 0.6 is 0 Å². The van der Waals surface area contributed by atoms with Gasteiger partial charge in [0, 0.05) is 13.1 Å². The maximum atomic E-state index is 13.4. The van der Waals surface area contributed by atoms with Crippen molar-refractivity contribution in [2.24, 2.45) is 5.92 Å². The van der Waals surface area contributed by atoms with Crippen LogP contribution in [0.3, 0.4) is 0 Å². The molecular weight excluding hydrogens is 451 g/mol. The van der Waals surface area contributed by atoms with Gasteiger partial charge in [0.05, 0.1) is 30.2 Å².